The summed E-state index contributed by atoms with van der Waals surface area (Å²) in [5.41, 5.74) is 5.46. The molecule has 0 aliphatic carbocycles. The summed E-state index contributed by atoms with van der Waals surface area (Å²) in [5, 5.41) is 3.03. The van der Waals surface area contributed by atoms with Gasteiger partial charge in [0.05, 0.1) is 12.6 Å². The molecule has 2 heterocycles. The molecule has 154 valence electrons. The molecule has 4 rings (SSSR count). The number of benzene rings is 2. The molecule has 2 aromatic rings. The van der Waals surface area contributed by atoms with Crippen LogP contribution in [0.1, 0.15) is 47.6 Å². The molecule has 6 heteroatoms. The van der Waals surface area contributed by atoms with Gasteiger partial charge in [-0.15, -0.1) is 0 Å². The van der Waals surface area contributed by atoms with Gasteiger partial charge in [0, 0.05) is 17.8 Å². The molecule has 0 radical (unpaired) electrons. The number of hydrogen-bond donors (Lipinski definition) is 2. The first-order chi connectivity index (χ1) is 14.3. The number of piperidine rings is 1. The van der Waals surface area contributed by atoms with Crippen LogP contribution in [0.3, 0.4) is 0 Å². The smallest absolute Gasteiger partial charge is 0.255 e. The molecule has 2 aliphatic heterocycles. The number of likely N-dealkylation sites (tertiary alicyclic amines) is 1. The van der Waals surface area contributed by atoms with Crippen molar-refractivity contribution >= 4 is 11.6 Å². The average molecular weight is 396 g/mol. The monoisotopic (exact) mass is 395 g/mol. The van der Waals surface area contributed by atoms with E-state index in [1.807, 2.05) is 48.5 Å². The molecule has 0 saturated carbocycles. The van der Waals surface area contributed by atoms with E-state index in [0.29, 0.717) is 18.8 Å². The van der Waals surface area contributed by atoms with E-state index in [4.69, 9.17) is 9.57 Å². The molecular formula is C23H29N3O3. The highest BCUT2D eigenvalue weighted by molar-refractivity contribution is 6.04. The molecule has 1 amide bonds. The summed E-state index contributed by atoms with van der Waals surface area (Å²) in [6.45, 7) is 4.65. The summed E-state index contributed by atoms with van der Waals surface area (Å²) in [7, 11) is 0. The highest BCUT2D eigenvalue weighted by Crippen LogP contribution is 2.28. The van der Waals surface area contributed by atoms with Crippen molar-refractivity contribution in [3.63, 3.8) is 0 Å². The number of nitrogens with zero attached hydrogens (tertiary/aromatic N) is 1. The number of hydroxylamine groups is 1. The number of amides is 1. The second-order valence-electron chi connectivity index (χ2n) is 7.62. The molecule has 0 aromatic heterocycles. The van der Waals surface area contributed by atoms with Gasteiger partial charge in [0.25, 0.3) is 5.91 Å². The second kappa shape index (κ2) is 9.87. The Morgan fingerprint density at radius 2 is 1.90 bits per heavy atom. The molecule has 6 nitrogen and oxygen atoms in total. The van der Waals surface area contributed by atoms with Crippen molar-refractivity contribution in [1.82, 2.24) is 10.4 Å². The van der Waals surface area contributed by atoms with Crippen molar-refractivity contribution in [1.29, 1.82) is 0 Å². The number of carbonyl (C=O) groups excluding carboxylic acids is 1. The average Bonchev–Trinajstić information content (AvgIpc) is 3.30. The molecule has 2 aromatic carbocycles. The largest absolute Gasteiger partial charge is 0.492 e. The number of para-hydroxylation sites is 1. The number of hydrogen-bond acceptors (Lipinski definition) is 5. The lowest BCUT2D eigenvalue weighted by Crippen LogP contribution is -2.33. The van der Waals surface area contributed by atoms with E-state index in [-0.39, 0.29) is 11.9 Å². The van der Waals surface area contributed by atoms with Crippen LogP contribution in [0.2, 0.25) is 0 Å². The fourth-order valence-electron chi connectivity index (χ4n) is 3.90. The summed E-state index contributed by atoms with van der Waals surface area (Å²) >= 11 is 0. The van der Waals surface area contributed by atoms with Crippen LogP contribution in [-0.4, -0.2) is 43.7 Å². The van der Waals surface area contributed by atoms with E-state index in [1.165, 1.54) is 32.4 Å². The van der Waals surface area contributed by atoms with Gasteiger partial charge in [0.15, 0.2) is 0 Å². The third-order valence-corrected chi connectivity index (χ3v) is 5.56. The minimum atomic E-state index is -0.128. The van der Waals surface area contributed by atoms with Gasteiger partial charge >= 0.3 is 0 Å². The van der Waals surface area contributed by atoms with E-state index in [0.717, 1.165) is 30.0 Å². The molecule has 2 aliphatic rings. The van der Waals surface area contributed by atoms with Gasteiger partial charge in [-0.3, -0.25) is 9.69 Å². The van der Waals surface area contributed by atoms with Crippen LogP contribution in [0.4, 0.5) is 5.69 Å². The number of nitrogens with one attached hydrogen (secondary N) is 2. The highest BCUT2D eigenvalue weighted by atomic mass is 16.7. The van der Waals surface area contributed by atoms with Gasteiger partial charge in [-0.05, 0) is 68.2 Å². The van der Waals surface area contributed by atoms with Gasteiger partial charge in [0.1, 0.15) is 12.4 Å². The molecule has 2 N–H and O–H groups in total. The van der Waals surface area contributed by atoms with Gasteiger partial charge in [-0.2, -0.15) is 5.48 Å². The van der Waals surface area contributed by atoms with E-state index in [2.05, 4.69) is 15.7 Å². The van der Waals surface area contributed by atoms with Crippen LogP contribution < -0.4 is 15.5 Å². The Balaban J connectivity index is 1.31. The Bertz CT molecular complexity index is 797. The molecule has 0 spiro atoms. The number of anilines is 1. The van der Waals surface area contributed by atoms with Crippen molar-refractivity contribution < 1.29 is 14.4 Å². The number of rotatable bonds is 7. The Hall–Kier alpha value is -2.41. The van der Waals surface area contributed by atoms with Gasteiger partial charge in [0.2, 0.25) is 0 Å². The zero-order valence-electron chi connectivity index (χ0n) is 16.7. The van der Waals surface area contributed by atoms with Crippen LogP contribution in [-0.2, 0) is 4.84 Å². The lowest BCUT2D eigenvalue weighted by atomic mass is 10.0. The highest BCUT2D eigenvalue weighted by Gasteiger charge is 2.21. The van der Waals surface area contributed by atoms with Crippen molar-refractivity contribution in [2.75, 3.05) is 38.2 Å². The molecule has 2 saturated heterocycles. The van der Waals surface area contributed by atoms with Crippen molar-refractivity contribution in [2.24, 2.45) is 0 Å². The first-order valence-corrected chi connectivity index (χ1v) is 10.5. The van der Waals surface area contributed by atoms with Gasteiger partial charge in [-0.1, -0.05) is 24.6 Å². The lowest BCUT2D eigenvalue weighted by Gasteiger charge is -2.26. The Labute approximate surface area is 172 Å². The minimum absolute atomic E-state index is 0.0992. The number of carbonyl (C=O) groups is 1. The maximum atomic E-state index is 12.7. The van der Waals surface area contributed by atoms with Crippen molar-refractivity contribution in [3.05, 3.63) is 59.7 Å². The molecular weight excluding hydrogens is 366 g/mol. The standard InChI is InChI=1S/C23H29N3O3/c27-23(24-21-7-3-2-6-20(21)22-12-16-29-25-22)18-8-10-19(11-9-18)28-17-15-26-13-4-1-5-14-26/h2-3,6-11,22,25H,1,4-5,12-17H2,(H,24,27). The van der Waals surface area contributed by atoms with Crippen molar-refractivity contribution in [2.45, 2.75) is 31.7 Å². The molecule has 29 heavy (non-hydrogen) atoms. The third-order valence-electron chi connectivity index (χ3n) is 5.56. The summed E-state index contributed by atoms with van der Waals surface area (Å²) < 4.78 is 5.85. The zero-order valence-corrected chi connectivity index (χ0v) is 16.7. The molecule has 1 unspecified atom stereocenters. The van der Waals surface area contributed by atoms with E-state index >= 15 is 0 Å². The van der Waals surface area contributed by atoms with Crippen LogP contribution in [0.25, 0.3) is 0 Å². The first kappa shape index (κ1) is 19.9. The van der Waals surface area contributed by atoms with E-state index in [9.17, 15) is 4.79 Å². The Morgan fingerprint density at radius 1 is 1.10 bits per heavy atom. The Morgan fingerprint density at radius 3 is 2.66 bits per heavy atom. The first-order valence-electron chi connectivity index (χ1n) is 10.5. The van der Waals surface area contributed by atoms with Gasteiger partial charge < -0.3 is 14.9 Å². The van der Waals surface area contributed by atoms with Crippen molar-refractivity contribution in [3.8, 4) is 5.75 Å². The normalized spacial score (nSPS) is 19.8. The second-order valence-corrected chi connectivity index (χ2v) is 7.62. The summed E-state index contributed by atoms with van der Waals surface area (Å²) in [4.78, 5) is 20.4. The predicted octanol–water partition coefficient (Wildman–Crippen LogP) is 3.77. The lowest BCUT2D eigenvalue weighted by molar-refractivity contribution is 0.0883. The van der Waals surface area contributed by atoms with Crippen LogP contribution in [0.15, 0.2) is 48.5 Å². The van der Waals surface area contributed by atoms with Crippen LogP contribution in [0, 0.1) is 0 Å². The quantitative estimate of drug-likeness (QED) is 0.747. The Kier molecular flexibility index (Phi) is 6.77. The fraction of sp³-hybridized carbons (Fsp3) is 0.435. The summed E-state index contributed by atoms with van der Waals surface area (Å²) in [6.07, 6.45) is 4.81. The van der Waals surface area contributed by atoms with Crippen LogP contribution in [0.5, 0.6) is 5.75 Å². The summed E-state index contributed by atoms with van der Waals surface area (Å²) in [6, 6.07) is 15.3. The fourth-order valence-corrected chi connectivity index (χ4v) is 3.90. The maximum Gasteiger partial charge on any atom is 0.255 e. The van der Waals surface area contributed by atoms with E-state index in [1.54, 1.807) is 0 Å². The van der Waals surface area contributed by atoms with E-state index < -0.39 is 0 Å². The topological polar surface area (TPSA) is 62.8 Å². The zero-order chi connectivity index (χ0) is 19.9. The minimum Gasteiger partial charge on any atom is -0.492 e. The van der Waals surface area contributed by atoms with Crippen LogP contribution >= 0.6 is 0 Å². The number of ether oxygens (including phenoxy) is 1. The SMILES string of the molecule is O=C(Nc1ccccc1C1CCON1)c1ccc(OCCN2CCCCC2)cc1. The third kappa shape index (κ3) is 5.35. The maximum absolute atomic E-state index is 12.7. The van der Waals surface area contributed by atoms with Gasteiger partial charge in [-0.25, -0.2) is 0 Å². The molecule has 1 atom stereocenters. The predicted molar refractivity (Wildman–Crippen MR) is 113 cm³/mol. The summed E-state index contributed by atoms with van der Waals surface area (Å²) in [5.74, 6) is 0.669. The molecule has 2 fully saturated rings. The molecule has 0 bridgehead atoms.